The summed E-state index contributed by atoms with van der Waals surface area (Å²) >= 11 is 0. The molecule has 1 saturated heterocycles. The first-order valence-corrected chi connectivity index (χ1v) is 6.81. The molecule has 1 aromatic carbocycles. The highest BCUT2D eigenvalue weighted by Gasteiger charge is 2.31. The van der Waals surface area contributed by atoms with Crippen LogP contribution in [0.15, 0.2) is 24.3 Å². The SMILES string of the molecule is COC1(C)CCCN(CC(N)c2ccc(F)cc2)C1. The Morgan fingerprint density at radius 3 is 2.74 bits per heavy atom. The summed E-state index contributed by atoms with van der Waals surface area (Å²) in [7, 11) is 1.77. The Hall–Kier alpha value is -0.970. The lowest BCUT2D eigenvalue weighted by molar-refractivity contribution is -0.0516. The lowest BCUT2D eigenvalue weighted by Gasteiger charge is -2.40. The molecule has 0 amide bonds. The standard InChI is InChI=1S/C15H23FN2O/c1-15(19-2)8-3-9-18(11-15)10-14(17)12-4-6-13(16)7-5-12/h4-7,14H,3,8-11,17H2,1-2H3. The number of ether oxygens (including phenoxy) is 1. The Balaban J connectivity index is 1.95. The quantitative estimate of drug-likeness (QED) is 0.909. The van der Waals surface area contributed by atoms with E-state index in [4.69, 9.17) is 10.5 Å². The van der Waals surface area contributed by atoms with E-state index in [9.17, 15) is 4.39 Å². The molecule has 4 heteroatoms. The number of methoxy groups -OCH3 is 1. The van der Waals surface area contributed by atoms with Crippen molar-refractivity contribution in [3.8, 4) is 0 Å². The van der Waals surface area contributed by atoms with E-state index in [0.717, 1.165) is 38.0 Å². The van der Waals surface area contributed by atoms with Crippen LogP contribution in [0.25, 0.3) is 0 Å². The molecule has 0 bridgehead atoms. The first-order chi connectivity index (χ1) is 9.02. The molecule has 1 heterocycles. The molecule has 0 spiro atoms. The molecule has 0 radical (unpaired) electrons. The highest BCUT2D eigenvalue weighted by atomic mass is 19.1. The molecule has 2 rings (SSSR count). The van der Waals surface area contributed by atoms with Gasteiger partial charge in [-0.05, 0) is 44.0 Å². The van der Waals surface area contributed by atoms with Crippen molar-refractivity contribution in [1.82, 2.24) is 4.90 Å². The number of nitrogens with zero attached hydrogens (tertiary/aromatic N) is 1. The van der Waals surface area contributed by atoms with Crippen LogP contribution in [0, 0.1) is 5.82 Å². The Labute approximate surface area is 114 Å². The average molecular weight is 266 g/mol. The Kier molecular flexibility index (Phi) is 4.55. The fourth-order valence-corrected chi connectivity index (χ4v) is 2.72. The molecule has 1 aromatic rings. The zero-order valence-electron chi connectivity index (χ0n) is 11.7. The average Bonchev–Trinajstić information content (AvgIpc) is 2.39. The maximum atomic E-state index is 12.9. The zero-order valence-corrected chi connectivity index (χ0v) is 11.7. The molecule has 0 saturated carbocycles. The van der Waals surface area contributed by atoms with E-state index in [1.807, 2.05) is 0 Å². The molecule has 106 valence electrons. The molecule has 19 heavy (non-hydrogen) atoms. The van der Waals surface area contributed by atoms with Crippen LogP contribution in [-0.2, 0) is 4.74 Å². The van der Waals surface area contributed by atoms with Crippen molar-refractivity contribution in [2.24, 2.45) is 5.73 Å². The lowest BCUT2D eigenvalue weighted by atomic mass is 9.94. The fourth-order valence-electron chi connectivity index (χ4n) is 2.72. The van der Waals surface area contributed by atoms with Crippen LogP contribution in [0.5, 0.6) is 0 Å². The second kappa shape index (κ2) is 5.99. The Morgan fingerprint density at radius 1 is 1.42 bits per heavy atom. The molecule has 2 unspecified atom stereocenters. The van der Waals surface area contributed by atoms with Crippen LogP contribution in [0.1, 0.15) is 31.4 Å². The first-order valence-electron chi connectivity index (χ1n) is 6.81. The summed E-state index contributed by atoms with van der Waals surface area (Å²) in [4.78, 5) is 2.33. The second-order valence-corrected chi connectivity index (χ2v) is 5.65. The third kappa shape index (κ3) is 3.75. The normalized spacial score (nSPS) is 26.3. The summed E-state index contributed by atoms with van der Waals surface area (Å²) in [6.07, 6.45) is 2.21. The summed E-state index contributed by atoms with van der Waals surface area (Å²) in [6.45, 7) is 4.87. The van der Waals surface area contributed by atoms with E-state index in [-0.39, 0.29) is 17.5 Å². The highest BCUT2D eigenvalue weighted by Crippen LogP contribution is 2.25. The van der Waals surface area contributed by atoms with E-state index in [1.54, 1.807) is 19.2 Å². The first kappa shape index (κ1) is 14.4. The van der Waals surface area contributed by atoms with Gasteiger partial charge in [0.15, 0.2) is 0 Å². The van der Waals surface area contributed by atoms with Gasteiger partial charge in [0.2, 0.25) is 0 Å². The van der Waals surface area contributed by atoms with Crippen molar-refractivity contribution in [1.29, 1.82) is 0 Å². The van der Waals surface area contributed by atoms with Crippen LogP contribution in [-0.4, -0.2) is 37.2 Å². The summed E-state index contributed by atoms with van der Waals surface area (Å²) in [5.74, 6) is -0.221. The molecule has 0 aliphatic carbocycles. The molecule has 3 nitrogen and oxygen atoms in total. The van der Waals surface area contributed by atoms with Gasteiger partial charge in [0.05, 0.1) is 5.60 Å². The van der Waals surface area contributed by atoms with E-state index in [0.29, 0.717) is 0 Å². The fraction of sp³-hybridized carbons (Fsp3) is 0.600. The van der Waals surface area contributed by atoms with E-state index in [2.05, 4.69) is 11.8 Å². The van der Waals surface area contributed by atoms with E-state index < -0.39 is 0 Å². The van der Waals surface area contributed by atoms with Crippen LogP contribution in [0.4, 0.5) is 4.39 Å². The van der Waals surface area contributed by atoms with Gasteiger partial charge < -0.3 is 10.5 Å². The summed E-state index contributed by atoms with van der Waals surface area (Å²) in [5.41, 5.74) is 7.11. The maximum Gasteiger partial charge on any atom is 0.123 e. The minimum Gasteiger partial charge on any atom is -0.377 e. The predicted octanol–water partition coefficient (Wildman–Crippen LogP) is 2.33. The zero-order chi connectivity index (χ0) is 13.9. The molecule has 1 aliphatic heterocycles. The van der Waals surface area contributed by atoms with Crippen molar-refractivity contribution < 1.29 is 9.13 Å². The molecule has 1 fully saturated rings. The van der Waals surface area contributed by atoms with Gasteiger partial charge in [0.1, 0.15) is 5.82 Å². The monoisotopic (exact) mass is 266 g/mol. The molecular formula is C15H23FN2O. The second-order valence-electron chi connectivity index (χ2n) is 5.65. The van der Waals surface area contributed by atoms with Crippen molar-refractivity contribution in [3.05, 3.63) is 35.6 Å². The molecule has 1 aliphatic rings. The van der Waals surface area contributed by atoms with E-state index in [1.165, 1.54) is 12.1 Å². The number of halogens is 1. The van der Waals surface area contributed by atoms with Gasteiger partial charge in [-0.2, -0.15) is 0 Å². The minimum absolute atomic E-state index is 0.0687. The number of benzene rings is 1. The van der Waals surface area contributed by atoms with Gasteiger partial charge >= 0.3 is 0 Å². The van der Waals surface area contributed by atoms with Crippen molar-refractivity contribution >= 4 is 0 Å². The molecule has 0 aromatic heterocycles. The number of hydrogen-bond donors (Lipinski definition) is 1. The van der Waals surface area contributed by atoms with Gasteiger partial charge in [-0.15, -0.1) is 0 Å². The molecular weight excluding hydrogens is 243 g/mol. The maximum absolute atomic E-state index is 12.9. The van der Waals surface area contributed by atoms with Gasteiger partial charge in [0, 0.05) is 26.2 Å². The van der Waals surface area contributed by atoms with Crippen LogP contribution in [0.3, 0.4) is 0 Å². The number of hydrogen-bond acceptors (Lipinski definition) is 3. The van der Waals surface area contributed by atoms with Crippen LogP contribution >= 0.6 is 0 Å². The van der Waals surface area contributed by atoms with Gasteiger partial charge in [0.25, 0.3) is 0 Å². The van der Waals surface area contributed by atoms with Gasteiger partial charge in [-0.3, -0.25) is 4.90 Å². The van der Waals surface area contributed by atoms with Gasteiger partial charge in [-0.25, -0.2) is 4.39 Å². The number of nitrogens with two attached hydrogens (primary N) is 1. The minimum atomic E-state index is -0.221. The van der Waals surface area contributed by atoms with E-state index >= 15 is 0 Å². The Bertz CT molecular complexity index is 409. The Morgan fingerprint density at radius 2 is 2.11 bits per heavy atom. The van der Waals surface area contributed by atoms with Crippen LogP contribution in [0.2, 0.25) is 0 Å². The smallest absolute Gasteiger partial charge is 0.123 e. The van der Waals surface area contributed by atoms with Crippen LogP contribution < -0.4 is 5.73 Å². The summed E-state index contributed by atoms with van der Waals surface area (Å²) in [5, 5.41) is 0. The predicted molar refractivity (Wildman–Crippen MR) is 74.4 cm³/mol. The third-order valence-corrected chi connectivity index (χ3v) is 3.98. The number of likely N-dealkylation sites (tertiary alicyclic amines) is 1. The highest BCUT2D eigenvalue weighted by molar-refractivity contribution is 5.19. The van der Waals surface area contributed by atoms with Crippen molar-refractivity contribution in [2.45, 2.75) is 31.4 Å². The molecule has 2 N–H and O–H groups in total. The lowest BCUT2D eigenvalue weighted by Crippen LogP contribution is -2.49. The summed E-state index contributed by atoms with van der Waals surface area (Å²) < 4.78 is 18.5. The third-order valence-electron chi connectivity index (χ3n) is 3.98. The number of piperidine rings is 1. The van der Waals surface area contributed by atoms with Gasteiger partial charge in [-0.1, -0.05) is 12.1 Å². The van der Waals surface area contributed by atoms with Crippen molar-refractivity contribution in [2.75, 3.05) is 26.7 Å². The largest absolute Gasteiger partial charge is 0.377 e. The number of rotatable bonds is 4. The summed E-state index contributed by atoms with van der Waals surface area (Å²) in [6, 6.07) is 6.37. The van der Waals surface area contributed by atoms with Crippen molar-refractivity contribution in [3.63, 3.8) is 0 Å². The topological polar surface area (TPSA) is 38.5 Å². The molecule has 2 atom stereocenters.